The van der Waals surface area contributed by atoms with Gasteiger partial charge in [-0.05, 0) is 29.7 Å². The number of benzene rings is 2. The van der Waals surface area contributed by atoms with Crippen molar-refractivity contribution in [1.29, 1.82) is 0 Å². The van der Waals surface area contributed by atoms with Crippen LogP contribution in [0.2, 0.25) is 0 Å². The number of nitrogens with one attached hydrogen (secondary N) is 2. The molecule has 0 aliphatic rings. The van der Waals surface area contributed by atoms with E-state index in [0.29, 0.717) is 5.70 Å². The summed E-state index contributed by atoms with van der Waals surface area (Å²) in [5.41, 5.74) is 8.20. The van der Waals surface area contributed by atoms with E-state index in [-0.39, 0.29) is 11.3 Å². The summed E-state index contributed by atoms with van der Waals surface area (Å²) in [5, 5.41) is 9.61. The van der Waals surface area contributed by atoms with E-state index >= 15 is 0 Å². The van der Waals surface area contributed by atoms with Gasteiger partial charge >= 0.3 is 0 Å². The highest BCUT2D eigenvalue weighted by atomic mass is 16.3. The van der Waals surface area contributed by atoms with Crippen LogP contribution in [0, 0.1) is 0 Å². The highest BCUT2D eigenvalue weighted by Crippen LogP contribution is 2.15. The number of para-hydroxylation sites is 1. The smallest absolute Gasteiger partial charge is 0.273 e. The predicted octanol–water partition coefficient (Wildman–Crippen LogP) is 2.86. The number of hydrogen-bond acceptors (Lipinski definition) is 3. The van der Waals surface area contributed by atoms with Gasteiger partial charge in [0.15, 0.2) is 0 Å². The van der Waals surface area contributed by atoms with Gasteiger partial charge in [0.05, 0.1) is 11.3 Å². The number of carbonyl (C=O) groups is 1. The predicted molar refractivity (Wildman–Crippen MR) is 83.6 cm³/mol. The third-order valence-electron chi connectivity index (χ3n) is 3.19. The molecule has 0 heterocycles. The summed E-state index contributed by atoms with van der Waals surface area (Å²) in [6, 6.07) is 14.3. The lowest BCUT2D eigenvalue weighted by atomic mass is 10.1. The normalized spacial score (nSPS) is 9.95. The Morgan fingerprint density at radius 2 is 1.76 bits per heavy atom. The van der Waals surface area contributed by atoms with Gasteiger partial charge in [0.2, 0.25) is 0 Å². The minimum absolute atomic E-state index is 0.0605. The fraction of sp³-hybridized carbons (Fsp3) is 0.118. The van der Waals surface area contributed by atoms with Crippen molar-refractivity contribution in [3.8, 4) is 5.75 Å². The summed E-state index contributed by atoms with van der Waals surface area (Å²) in [4.78, 5) is 11.9. The van der Waals surface area contributed by atoms with E-state index in [1.54, 1.807) is 18.2 Å². The maximum atomic E-state index is 11.9. The van der Waals surface area contributed by atoms with Gasteiger partial charge in [-0.2, -0.15) is 0 Å². The lowest BCUT2D eigenvalue weighted by molar-refractivity contribution is 0.0940. The molecule has 108 valence electrons. The molecule has 0 atom stereocenters. The molecule has 2 aromatic rings. The Bertz CT molecular complexity index is 648. The molecule has 0 fully saturated rings. The summed E-state index contributed by atoms with van der Waals surface area (Å²) in [7, 11) is 0. The van der Waals surface area contributed by atoms with Gasteiger partial charge in [-0.3, -0.25) is 15.6 Å². The van der Waals surface area contributed by atoms with Gasteiger partial charge < -0.3 is 5.11 Å². The Kier molecular flexibility index (Phi) is 4.61. The van der Waals surface area contributed by atoms with Crippen LogP contribution < -0.4 is 10.9 Å². The first-order valence-electron chi connectivity index (χ1n) is 6.74. The van der Waals surface area contributed by atoms with Gasteiger partial charge in [-0.1, -0.05) is 49.9 Å². The van der Waals surface area contributed by atoms with E-state index < -0.39 is 5.91 Å². The first kappa shape index (κ1) is 14.7. The number of rotatable bonds is 5. The number of phenols is 1. The molecular weight excluding hydrogens is 264 g/mol. The van der Waals surface area contributed by atoms with Gasteiger partial charge in [-0.25, -0.2) is 0 Å². The number of aryl methyl sites for hydroxylation is 1. The Labute approximate surface area is 124 Å². The SMILES string of the molecule is C=C(NNC(=O)c1ccccc1O)c1ccc(CC)cc1. The van der Waals surface area contributed by atoms with Gasteiger partial charge in [0, 0.05) is 0 Å². The average molecular weight is 282 g/mol. The Morgan fingerprint density at radius 3 is 2.38 bits per heavy atom. The number of phenolic OH excluding ortho intramolecular Hbond substituents is 1. The molecule has 0 radical (unpaired) electrons. The van der Waals surface area contributed by atoms with Crippen molar-refractivity contribution in [2.24, 2.45) is 0 Å². The number of carbonyl (C=O) groups excluding carboxylic acids is 1. The fourth-order valence-electron chi connectivity index (χ4n) is 1.88. The molecule has 0 saturated carbocycles. The second-order valence-electron chi connectivity index (χ2n) is 4.63. The van der Waals surface area contributed by atoms with Crippen LogP contribution in [0.5, 0.6) is 5.75 Å². The summed E-state index contributed by atoms with van der Waals surface area (Å²) in [6.07, 6.45) is 0.976. The molecule has 0 aromatic heterocycles. The van der Waals surface area contributed by atoms with Crippen LogP contribution in [0.3, 0.4) is 0 Å². The van der Waals surface area contributed by atoms with Crippen molar-refractivity contribution >= 4 is 11.6 Å². The number of hydrogen-bond donors (Lipinski definition) is 3. The summed E-state index contributed by atoms with van der Waals surface area (Å²) in [5.74, 6) is -0.478. The van der Waals surface area contributed by atoms with Crippen LogP contribution in [0.1, 0.15) is 28.4 Å². The van der Waals surface area contributed by atoms with Crippen molar-refractivity contribution in [2.75, 3.05) is 0 Å². The molecule has 0 spiro atoms. The third kappa shape index (κ3) is 3.63. The molecule has 4 nitrogen and oxygen atoms in total. The van der Waals surface area contributed by atoms with Crippen molar-refractivity contribution in [1.82, 2.24) is 10.9 Å². The number of hydrazine groups is 1. The molecule has 0 aliphatic carbocycles. The van der Waals surface area contributed by atoms with Crippen molar-refractivity contribution in [3.63, 3.8) is 0 Å². The van der Waals surface area contributed by atoms with E-state index in [2.05, 4.69) is 24.4 Å². The molecule has 1 amide bonds. The molecule has 0 unspecified atom stereocenters. The largest absolute Gasteiger partial charge is 0.507 e. The molecule has 0 bridgehead atoms. The van der Waals surface area contributed by atoms with E-state index in [1.807, 2.05) is 24.3 Å². The quantitative estimate of drug-likeness (QED) is 0.739. The van der Waals surface area contributed by atoms with Crippen LogP contribution in [0.25, 0.3) is 5.70 Å². The molecule has 2 rings (SSSR count). The maximum absolute atomic E-state index is 11.9. The number of amides is 1. The summed E-state index contributed by atoms with van der Waals surface area (Å²) >= 11 is 0. The second-order valence-corrected chi connectivity index (χ2v) is 4.63. The fourth-order valence-corrected chi connectivity index (χ4v) is 1.88. The van der Waals surface area contributed by atoms with Gasteiger partial charge in [0.1, 0.15) is 5.75 Å². The summed E-state index contributed by atoms with van der Waals surface area (Å²) in [6.45, 7) is 5.97. The van der Waals surface area contributed by atoms with E-state index in [4.69, 9.17) is 0 Å². The van der Waals surface area contributed by atoms with Crippen LogP contribution >= 0.6 is 0 Å². The topological polar surface area (TPSA) is 61.4 Å². The van der Waals surface area contributed by atoms with E-state index in [0.717, 1.165) is 12.0 Å². The molecule has 0 saturated heterocycles. The zero-order chi connectivity index (χ0) is 15.2. The zero-order valence-electron chi connectivity index (χ0n) is 11.9. The van der Waals surface area contributed by atoms with Gasteiger partial charge in [0.25, 0.3) is 5.91 Å². The molecular formula is C17H18N2O2. The minimum Gasteiger partial charge on any atom is -0.507 e. The molecule has 21 heavy (non-hydrogen) atoms. The van der Waals surface area contributed by atoms with E-state index in [9.17, 15) is 9.90 Å². The first-order valence-corrected chi connectivity index (χ1v) is 6.74. The Hall–Kier alpha value is -2.75. The zero-order valence-corrected chi connectivity index (χ0v) is 11.9. The van der Waals surface area contributed by atoms with Crippen LogP contribution in [0.15, 0.2) is 55.1 Å². The Morgan fingerprint density at radius 1 is 1.10 bits per heavy atom. The monoisotopic (exact) mass is 282 g/mol. The molecule has 2 aromatic carbocycles. The van der Waals surface area contributed by atoms with Crippen molar-refractivity contribution in [2.45, 2.75) is 13.3 Å². The highest BCUT2D eigenvalue weighted by Gasteiger charge is 2.09. The number of aromatic hydroxyl groups is 1. The van der Waals surface area contributed by atoms with Crippen molar-refractivity contribution < 1.29 is 9.90 Å². The first-order chi connectivity index (χ1) is 10.1. The van der Waals surface area contributed by atoms with Crippen LogP contribution in [0.4, 0.5) is 0 Å². The van der Waals surface area contributed by atoms with Crippen molar-refractivity contribution in [3.05, 3.63) is 71.8 Å². The standard InChI is InChI=1S/C17H18N2O2/c1-3-13-8-10-14(11-9-13)12(2)18-19-17(21)15-6-4-5-7-16(15)20/h4-11,18,20H,2-3H2,1H3,(H,19,21). The molecule has 4 heteroatoms. The third-order valence-corrected chi connectivity index (χ3v) is 3.19. The molecule has 0 aliphatic heterocycles. The van der Waals surface area contributed by atoms with Crippen LogP contribution in [-0.4, -0.2) is 11.0 Å². The minimum atomic E-state index is -0.417. The lowest BCUT2D eigenvalue weighted by Crippen LogP contribution is -2.35. The van der Waals surface area contributed by atoms with Crippen LogP contribution in [-0.2, 0) is 6.42 Å². The average Bonchev–Trinajstić information content (AvgIpc) is 2.52. The Balaban J connectivity index is 1.97. The van der Waals surface area contributed by atoms with E-state index in [1.165, 1.54) is 11.6 Å². The lowest BCUT2D eigenvalue weighted by Gasteiger charge is -2.12. The maximum Gasteiger partial charge on any atom is 0.273 e. The second kappa shape index (κ2) is 6.61. The van der Waals surface area contributed by atoms with Gasteiger partial charge in [-0.15, -0.1) is 0 Å². The molecule has 3 N–H and O–H groups in total. The summed E-state index contributed by atoms with van der Waals surface area (Å²) < 4.78 is 0. The highest BCUT2D eigenvalue weighted by molar-refractivity contribution is 5.96.